The van der Waals surface area contributed by atoms with Crippen LogP contribution in [0.3, 0.4) is 0 Å². The van der Waals surface area contributed by atoms with Crippen LogP contribution in [0.5, 0.6) is 0 Å². The van der Waals surface area contributed by atoms with E-state index in [2.05, 4.69) is 31.9 Å². The molecule has 1 atom stereocenters. The lowest BCUT2D eigenvalue weighted by Gasteiger charge is -2.23. The minimum atomic E-state index is -0.327. The first-order valence-corrected chi connectivity index (χ1v) is 8.90. The number of carbonyl (C=O) groups excluding carboxylic acids is 2. The zero-order chi connectivity index (χ0) is 17.7. The first-order valence-electron chi connectivity index (χ1n) is 7.31. The van der Waals surface area contributed by atoms with Crippen LogP contribution >= 0.6 is 31.9 Å². The van der Waals surface area contributed by atoms with Crippen molar-refractivity contribution in [1.29, 1.82) is 0 Å². The van der Waals surface area contributed by atoms with Gasteiger partial charge < -0.3 is 9.69 Å². The maximum absolute atomic E-state index is 13.1. The zero-order valence-electron chi connectivity index (χ0n) is 13.0. The molecule has 0 aromatic heterocycles. The third kappa shape index (κ3) is 4.98. The average molecular weight is 457 g/mol. The van der Waals surface area contributed by atoms with Gasteiger partial charge in [-0.25, -0.2) is 4.39 Å². The Bertz CT molecular complexity index is 714. The average Bonchev–Trinajstić information content (AvgIpc) is 2.53. The third-order valence-electron chi connectivity index (χ3n) is 3.67. The van der Waals surface area contributed by atoms with Crippen molar-refractivity contribution in [3.63, 3.8) is 0 Å². The quantitative estimate of drug-likeness (QED) is 0.585. The van der Waals surface area contributed by atoms with Crippen LogP contribution < -0.4 is 0 Å². The summed E-state index contributed by atoms with van der Waals surface area (Å²) in [6.45, 7) is 0.368. The highest BCUT2D eigenvalue weighted by molar-refractivity contribution is 9.11. The van der Waals surface area contributed by atoms with Gasteiger partial charge in [0, 0.05) is 40.4 Å². The van der Waals surface area contributed by atoms with Crippen molar-refractivity contribution in [2.45, 2.75) is 12.3 Å². The predicted octanol–water partition coefficient (Wildman–Crippen LogP) is 4.80. The second kappa shape index (κ2) is 8.53. The fourth-order valence-corrected chi connectivity index (χ4v) is 3.77. The van der Waals surface area contributed by atoms with Gasteiger partial charge >= 0.3 is 0 Å². The Morgan fingerprint density at radius 3 is 2.29 bits per heavy atom. The topological polar surface area (TPSA) is 37.4 Å². The molecule has 0 saturated carbocycles. The number of benzene rings is 2. The van der Waals surface area contributed by atoms with Crippen LogP contribution in [0.2, 0.25) is 0 Å². The highest BCUT2D eigenvalue weighted by Crippen LogP contribution is 2.23. The number of amides is 1. The van der Waals surface area contributed by atoms with Crippen molar-refractivity contribution in [3.8, 4) is 0 Å². The molecule has 0 heterocycles. The van der Waals surface area contributed by atoms with E-state index in [4.69, 9.17) is 0 Å². The van der Waals surface area contributed by atoms with Crippen molar-refractivity contribution < 1.29 is 14.0 Å². The Morgan fingerprint density at radius 2 is 1.75 bits per heavy atom. The number of rotatable bonds is 6. The first kappa shape index (κ1) is 18.8. The molecule has 3 nitrogen and oxygen atoms in total. The van der Waals surface area contributed by atoms with Crippen molar-refractivity contribution >= 4 is 44.1 Å². The lowest BCUT2D eigenvalue weighted by Crippen LogP contribution is -2.31. The Labute approximate surface area is 157 Å². The van der Waals surface area contributed by atoms with Crippen LogP contribution in [0, 0.1) is 5.82 Å². The molecule has 0 bridgehead atoms. The molecule has 24 heavy (non-hydrogen) atoms. The highest BCUT2D eigenvalue weighted by atomic mass is 79.9. The van der Waals surface area contributed by atoms with E-state index in [1.807, 2.05) is 6.07 Å². The molecule has 1 amide bonds. The maximum atomic E-state index is 13.1. The minimum Gasteiger partial charge on any atom is -0.341 e. The van der Waals surface area contributed by atoms with Crippen LogP contribution in [-0.4, -0.2) is 30.7 Å². The van der Waals surface area contributed by atoms with E-state index in [1.165, 1.54) is 12.1 Å². The minimum absolute atomic E-state index is 0.144. The number of carbonyl (C=O) groups is 2. The van der Waals surface area contributed by atoms with Crippen LogP contribution in [0.1, 0.15) is 28.3 Å². The molecule has 0 spiro atoms. The molecular weight excluding hydrogens is 441 g/mol. The van der Waals surface area contributed by atoms with E-state index in [0.29, 0.717) is 12.1 Å². The summed E-state index contributed by atoms with van der Waals surface area (Å²) in [5.74, 6) is -0.644. The fraction of sp³-hybridized carbons (Fsp3) is 0.222. The zero-order valence-corrected chi connectivity index (χ0v) is 16.2. The second-order valence-corrected chi connectivity index (χ2v) is 7.33. The van der Waals surface area contributed by atoms with Gasteiger partial charge in [0.25, 0.3) is 5.91 Å². The molecular formula is C18H16Br2FNO2. The summed E-state index contributed by atoms with van der Waals surface area (Å²) in [7, 11) is 1.69. The number of likely N-dealkylation sites (N-methyl/N-ethyl adjacent to an activating group) is 1. The molecule has 0 aliphatic rings. The summed E-state index contributed by atoms with van der Waals surface area (Å²) in [5.41, 5.74) is 1.38. The molecule has 0 saturated heterocycles. The van der Waals surface area contributed by atoms with Gasteiger partial charge in [-0.15, -0.1) is 0 Å². The fourth-order valence-electron chi connectivity index (χ4n) is 2.48. The summed E-state index contributed by atoms with van der Waals surface area (Å²) in [6.07, 6.45) is 1.09. The van der Waals surface area contributed by atoms with Crippen LogP contribution in [0.25, 0.3) is 0 Å². The van der Waals surface area contributed by atoms with Gasteiger partial charge in [-0.05, 0) is 35.9 Å². The van der Waals surface area contributed by atoms with Crippen molar-refractivity contribution in [1.82, 2.24) is 4.90 Å². The van der Waals surface area contributed by atoms with E-state index in [1.54, 1.807) is 36.2 Å². The molecule has 0 N–H and O–H groups in total. The van der Waals surface area contributed by atoms with E-state index in [9.17, 15) is 14.0 Å². The van der Waals surface area contributed by atoms with E-state index in [0.717, 1.165) is 20.8 Å². The first-order chi connectivity index (χ1) is 11.4. The number of hydrogen-bond acceptors (Lipinski definition) is 2. The lowest BCUT2D eigenvalue weighted by atomic mass is 9.95. The molecule has 0 fully saturated rings. The molecule has 0 radical (unpaired) electrons. The number of hydrogen-bond donors (Lipinski definition) is 0. The lowest BCUT2D eigenvalue weighted by molar-refractivity contribution is -0.108. The van der Waals surface area contributed by atoms with Gasteiger partial charge in [-0.1, -0.05) is 44.0 Å². The Balaban J connectivity index is 2.17. The summed E-state index contributed by atoms with van der Waals surface area (Å²) in [6, 6.07) is 11.4. The predicted molar refractivity (Wildman–Crippen MR) is 98.6 cm³/mol. The van der Waals surface area contributed by atoms with Gasteiger partial charge in [-0.3, -0.25) is 4.79 Å². The molecule has 2 aromatic rings. The molecule has 1 unspecified atom stereocenters. The summed E-state index contributed by atoms with van der Waals surface area (Å²) < 4.78 is 14.7. The molecule has 126 valence electrons. The standard InChI is InChI=1S/C18H16Br2FNO2/c1-22(18(24)14-8-15(19)10-16(20)9-14)11-13(6-7-23)12-2-4-17(21)5-3-12/h2-5,7-10,13H,6,11H2,1H3. The number of aldehydes is 1. The number of halogens is 3. The second-order valence-electron chi connectivity index (χ2n) is 5.49. The summed E-state index contributed by atoms with van der Waals surface area (Å²) >= 11 is 6.73. The summed E-state index contributed by atoms with van der Waals surface area (Å²) in [4.78, 5) is 25.2. The van der Waals surface area contributed by atoms with Crippen LogP contribution in [0.4, 0.5) is 4.39 Å². The van der Waals surface area contributed by atoms with E-state index in [-0.39, 0.29) is 24.1 Å². The van der Waals surface area contributed by atoms with Gasteiger partial charge in [0.2, 0.25) is 0 Å². The van der Waals surface area contributed by atoms with Crippen molar-refractivity contribution in [2.24, 2.45) is 0 Å². The van der Waals surface area contributed by atoms with Gasteiger partial charge in [0.1, 0.15) is 12.1 Å². The molecule has 2 rings (SSSR count). The van der Waals surface area contributed by atoms with E-state index >= 15 is 0 Å². The normalized spacial score (nSPS) is 11.8. The van der Waals surface area contributed by atoms with Gasteiger partial charge in [-0.2, -0.15) is 0 Å². The smallest absolute Gasteiger partial charge is 0.253 e. The third-order valence-corrected chi connectivity index (χ3v) is 4.59. The Hall–Kier alpha value is -1.53. The van der Waals surface area contributed by atoms with Crippen LogP contribution in [0.15, 0.2) is 51.4 Å². The van der Waals surface area contributed by atoms with Crippen LogP contribution in [-0.2, 0) is 4.79 Å². The largest absolute Gasteiger partial charge is 0.341 e. The van der Waals surface area contributed by atoms with Gasteiger partial charge in [0.05, 0.1) is 0 Å². The molecule has 6 heteroatoms. The number of nitrogens with zero attached hydrogens (tertiary/aromatic N) is 1. The van der Waals surface area contributed by atoms with Gasteiger partial charge in [0.15, 0.2) is 0 Å². The van der Waals surface area contributed by atoms with Crippen molar-refractivity contribution in [2.75, 3.05) is 13.6 Å². The Kier molecular flexibility index (Phi) is 6.69. The molecule has 0 aliphatic carbocycles. The maximum Gasteiger partial charge on any atom is 0.253 e. The van der Waals surface area contributed by atoms with Crippen molar-refractivity contribution in [3.05, 3.63) is 68.4 Å². The SMILES string of the molecule is CN(CC(CC=O)c1ccc(F)cc1)C(=O)c1cc(Br)cc(Br)c1. The molecule has 2 aromatic carbocycles. The molecule has 0 aliphatic heterocycles. The Morgan fingerprint density at radius 1 is 1.17 bits per heavy atom. The highest BCUT2D eigenvalue weighted by Gasteiger charge is 2.19. The monoisotopic (exact) mass is 455 g/mol. The summed E-state index contributed by atoms with van der Waals surface area (Å²) in [5, 5.41) is 0. The van der Waals surface area contributed by atoms with E-state index < -0.39 is 0 Å².